The van der Waals surface area contributed by atoms with E-state index in [1.807, 2.05) is 0 Å². The van der Waals surface area contributed by atoms with E-state index in [0.717, 1.165) is 11.5 Å². The molecule has 0 saturated carbocycles. The van der Waals surface area contributed by atoms with Crippen molar-refractivity contribution in [2.75, 3.05) is 0 Å². The minimum atomic E-state index is 1.05. The van der Waals surface area contributed by atoms with Crippen LogP contribution in [0.2, 0.25) is 0 Å². The van der Waals surface area contributed by atoms with Crippen molar-refractivity contribution < 1.29 is 4.74 Å². The molecule has 106 valence electrons. The molecule has 0 saturated heterocycles. The van der Waals surface area contributed by atoms with Gasteiger partial charge in [-0.25, -0.2) is 0 Å². The third kappa shape index (κ3) is 1.42. The van der Waals surface area contributed by atoms with Gasteiger partial charge in [0, 0.05) is 10.8 Å². The van der Waals surface area contributed by atoms with Gasteiger partial charge in [0.25, 0.3) is 0 Å². The van der Waals surface area contributed by atoms with E-state index in [1.165, 1.54) is 43.1 Å². The summed E-state index contributed by atoms with van der Waals surface area (Å²) >= 11 is 0. The summed E-state index contributed by atoms with van der Waals surface area (Å²) in [5, 5.41) is 10.1. The van der Waals surface area contributed by atoms with Crippen molar-refractivity contribution in [3.63, 3.8) is 0 Å². The van der Waals surface area contributed by atoms with E-state index < -0.39 is 0 Å². The Morgan fingerprint density at radius 1 is 0.435 bits per heavy atom. The lowest BCUT2D eigenvalue weighted by Crippen LogP contribution is -1.80. The van der Waals surface area contributed by atoms with E-state index in [-0.39, 0.29) is 0 Å². The van der Waals surface area contributed by atoms with Crippen molar-refractivity contribution in [1.82, 2.24) is 0 Å². The molecule has 1 heterocycles. The Balaban J connectivity index is 1.89. The maximum atomic E-state index is 5.83. The number of fused-ring (bicyclic) bond motifs is 9. The molecule has 23 heavy (non-hydrogen) atoms. The van der Waals surface area contributed by atoms with Crippen LogP contribution in [-0.4, -0.2) is 0 Å². The van der Waals surface area contributed by atoms with Gasteiger partial charge in [-0.1, -0.05) is 60.7 Å². The van der Waals surface area contributed by atoms with Gasteiger partial charge in [-0.05, 0) is 44.5 Å². The summed E-state index contributed by atoms with van der Waals surface area (Å²) in [4.78, 5) is 0. The summed E-state index contributed by atoms with van der Waals surface area (Å²) in [6.45, 7) is 0. The van der Waals surface area contributed by atoms with Crippen LogP contribution < -0.4 is 4.74 Å². The molecule has 0 unspecified atom stereocenters. The summed E-state index contributed by atoms with van der Waals surface area (Å²) in [5.41, 5.74) is 0. The highest BCUT2D eigenvalue weighted by atomic mass is 16.6. The molecule has 0 aliphatic carbocycles. The van der Waals surface area contributed by atoms with E-state index in [1.54, 1.807) is 0 Å². The average Bonchev–Trinajstić information content (AvgIpc) is 3.42. The molecular weight excluding hydrogens is 280 g/mol. The molecule has 0 atom stereocenters. The standard InChI is InChI=1S/C22H12O/c1-2-6-15-13(5-1)9-10-14-11-19-16-7-3-4-8-17(16)21-22(23-21)20(19)12-18(14)15/h1-12H. The van der Waals surface area contributed by atoms with Gasteiger partial charge in [0.1, 0.15) is 0 Å². The topological polar surface area (TPSA) is 12.5 Å². The Kier molecular flexibility index (Phi) is 1.91. The Morgan fingerprint density at radius 3 is 2.04 bits per heavy atom. The molecule has 0 radical (unpaired) electrons. The van der Waals surface area contributed by atoms with Crippen LogP contribution in [0.4, 0.5) is 0 Å². The van der Waals surface area contributed by atoms with E-state index in [0.29, 0.717) is 0 Å². The Hall–Kier alpha value is -3.06. The molecule has 0 aromatic heterocycles. The lowest BCUT2D eigenvalue weighted by atomic mass is 9.95. The molecule has 1 aliphatic rings. The van der Waals surface area contributed by atoms with E-state index in [2.05, 4.69) is 72.8 Å². The van der Waals surface area contributed by atoms with Crippen LogP contribution in [0.5, 0.6) is 11.5 Å². The van der Waals surface area contributed by atoms with Gasteiger partial charge < -0.3 is 4.74 Å². The van der Waals surface area contributed by atoms with Crippen molar-refractivity contribution in [1.29, 1.82) is 0 Å². The highest BCUT2D eigenvalue weighted by Crippen LogP contribution is 2.56. The number of ether oxygens (including phenoxy) is 1. The second-order valence-electron chi connectivity index (χ2n) is 6.21. The lowest BCUT2D eigenvalue weighted by Gasteiger charge is -2.07. The second-order valence-corrected chi connectivity index (χ2v) is 6.21. The van der Waals surface area contributed by atoms with Crippen molar-refractivity contribution in [2.24, 2.45) is 0 Å². The molecule has 0 fully saturated rings. The largest absolute Gasteiger partial charge is 0.448 e. The smallest absolute Gasteiger partial charge is 0.178 e. The first-order chi connectivity index (χ1) is 11.4. The van der Waals surface area contributed by atoms with Crippen molar-refractivity contribution in [3.05, 3.63) is 72.8 Å². The first-order valence-corrected chi connectivity index (χ1v) is 7.88. The van der Waals surface area contributed by atoms with Crippen LogP contribution in [0.25, 0.3) is 43.1 Å². The van der Waals surface area contributed by atoms with E-state index in [9.17, 15) is 0 Å². The summed E-state index contributed by atoms with van der Waals surface area (Å²) in [5.74, 6) is 2.10. The molecule has 1 nitrogen and oxygen atoms in total. The minimum absolute atomic E-state index is 1.05. The fraction of sp³-hybridized carbons (Fsp3) is 0. The first-order valence-electron chi connectivity index (χ1n) is 7.88. The van der Waals surface area contributed by atoms with Gasteiger partial charge in [-0.2, -0.15) is 0 Å². The Morgan fingerprint density at radius 2 is 1.13 bits per heavy atom. The highest BCUT2D eigenvalue weighted by molar-refractivity contribution is 6.22. The second kappa shape index (κ2) is 3.82. The lowest BCUT2D eigenvalue weighted by molar-refractivity contribution is 0.657. The van der Waals surface area contributed by atoms with Crippen molar-refractivity contribution in [2.45, 2.75) is 0 Å². The normalized spacial score (nSPS) is 12.7. The van der Waals surface area contributed by atoms with Crippen LogP contribution in [-0.2, 0) is 0 Å². The monoisotopic (exact) mass is 292 g/mol. The third-order valence-electron chi connectivity index (χ3n) is 4.96. The van der Waals surface area contributed by atoms with Crippen molar-refractivity contribution >= 4 is 43.1 Å². The predicted octanol–water partition coefficient (Wildman–Crippen LogP) is 6.41. The van der Waals surface area contributed by atoms with Crippen LogP contribution in [0, 0.1) is 0 Å². The SMILES string of the molecule is c1ccc2c(c1)ccc1cc3c(cc12)c1c(c2ccccc23)O1. The van der Waals surface area contributed by atoms with E-state index >= 15 is 0 Å². The van der Waals surface area contributed by atoms with Gasteiger partial charge >= 0.3 is 0 Å². The molecule has 5 aromatic rings. The third-order valence-corrected chi connectivity index (χ3v) is 4.96. The zero-order valence-corrected chi connectivity index (χ0v) is 12.3. The number of benzene rings is 5. The van der Waals surface area contributed by atoms with Gasteiger partial charge in [-0.3, -0.25) is 0 Å². The summed E-state index contributed by atoms with van der Waals surface area (Å²) in [6, 6.07) is 26.1. The van der Waals surface area contributed by atoms with Crippen molar-refractivity contribution in [3.8, 4) is 11.5 Å². The molecule has 0 spiro atoms. The van der Waals surface area contributed by atoms with Gasteiger partial charge in [-0.15, -0.1) is 0 Å². The summed E-state index contributed by atoms with van der Waals surface area (Å²) in [7, 11) is 0. The minimum Gasteiger partial charge on any atom is -0.448 e. The Bertz CT molecular complexity index is 1280. The van der Waals surface area contributed by atoms with Crippen LogP contribution in [0.1, 0.15) is 0 Å². The molecule has 1 aliphatic heterocycles. The maximum Gasteiger partial charge on any atom is 0.178 e. The molecule has 1 heteroatoms. The maximum absolute atomic E-state index is 5.83. The number of hydrogen-bond donors (Lipinski definition) is 0. The molecule has 5 aromatic carbocycles. The predicted molar refractivity (Wildman–Crippen MR) is 96.5 cm³/mol. The summed E-state index contributed by atoms with van der Waals surface area (Å²) < 4.78 is 5.83. The molecule has 0 N–H and O–H groups in total. The van der Waals surface area contributed by atoms with Gasteiger partial charge in [0.15, 0.2) is 11.5 Å². The molecular formula is C22H12O. The van der Waals surface area contributed by atoms with Gasteiger partial charge in [0.2, 0.25) is 0 Å². The number of rotatable bonds is 0. The zero-order valence-electron chi connectivity index (χ0n) is 12.3. The quantitative estimate of drug-likeness (QED) is 0.179. The highest BCUT2D eigenvalue weighted by Gasteiger charge is 2.28. The number of hydrogen-bond acceptors (Lipinski definition) is 1. The summed E-state index contributed by atoms with van der Waals surface area (Å²) in [6.07, 6.45) is 0. The Labute approximate surface area is 132 Å². The molecule has 0 amide bonds. The van der Waals surface area contributed by atoms with Gasteiger partial charge in [0.05, 0.1) is 0 Å². The molecule has 0 bridgehead atoms. The first kappa shape index (κ1) is 11.5. The van der Waals surface area contributed by atoms with E-state index in [4.69, 9.17) is 4.74 Å². The zero-order chi connectivity index (χ0) is 15.0. The molecule has 6 rings (SSSR count). The average molecular weight is 292 g/mol. The van der Waals surface area contributed by atoms with Crippen LogP contribution >= 0.6 is 0 Å². The van der Waals surface area contributed by atoms with Crippen LogP contribution in [0.3, 0.4) is 0 Å². The fourth-order valence-corrected chi connectivity index (χ4v) is 3.81. The fourth-order valence-electron chi connectivity index (χ4n) is 3.81. The van der Waals surface area contributed by atoms with Crippen LogP contribution in [0.15, 0.2) is 72.8 Å².